The predicted molar refractivity (Wildman–Crippen MR) is 117 cm³/mol. The number of hydrogen-bond acceptors (Lipinski definition) is 8. The van der Waals surface area contributed by atoms with E-state index in [2.05, 4.69) is 15.4 Å². The molecule has 7 N–H and O–H groups in total. The van der Waals surface area contributed by atoms with Crippen LogP contribution in [0.5, 0.6) is 11.5 Å². The van der Waals surface area contributed by atoms with Gasteiger partial charge in [0.1, 0.15) is 17.3 Å². The summed E-state index contributed by atoms with van der Waals surface area (Å²) >= 11 is 0. The maximum absolute atomic E-state index is 14.1. The van der Waals surface area contributed by atoms with Crippen molar-refractivity contribution in [3.63, 3.8) is 0 Å². The van der Waals surface area contributed by atoms with Gasteiger partial charge in [0.15, 0.2) is 23.5 Å². The van der Waals surface area contributed by atoms with E-state index in [1.807, 2.05) is 0 Å². The number of carboxylic acids is 1. The molecule has 0 fully saturated rings. The lowest BCUT2D eigenvalue weighted by atomic mass is 10.0. The van der Waals surface area contributed by atoms with Crippen molar-refractivity contribution in [2.45, 2.75) is 20.0 Å². The van der Waals surface area contributed by atoms with Crippen LogP contribution in [0.1, 0.15) is 13.8 Å². The van der Waals surface area contributed by atoms with Crippen molar-refractivity contribution < 1.29 is 23.8 Å². The van der Waals surface area contributed by atoms with Crippen molar-refractivity contribution in [3.05, 3.63) is 52.6 Å². The normalized spacial score (nSPS) is 11.6. The maximum Gasteiger partial charge on any atom is 0.344 e. The van der Waals surface area contributed by atoms with Crippen molar-refractivity contribution in [1.29, 1.82) is 0 Å². The zero-order chi connectivity index (χ0) is 23.4. The number of anilines is 2. The number of H-pyrrole nitrogens is 1. The number of halogens is 1. The second-order valence-corrected chi connectivity index (χ2v) is 6.71. The van der Waals surface area contributed by atoms with Gasteiger partial charge in [-0.1, -0.05) is 12.1 Å². The first-order valence-electron chi connectivity index (χ1n) is 9.58. The summed E-state index contributed by atoms with van der Waals surface area (Å²) < 4.78 is 25.0. The molecule has 168 valence electrons. The van der Waals surface area contributed by atoms with Crippen LogP contribution < -0.4 is 32.0 Å². The van der Waals surface area contributed by atoms with Gasteiger partial charge in [-0.25, -0.2) is 20.0 Å². The molecule has 0 saturated heterocycles. The molecule has 0 aliphatic rings. The molecular formula is C21H22FN5O5. The van der Waals surface area contributed by atoms with Gasteiger partial charge < -0.3 is 30.7 Å². The summed E-state index contributed by atoms with van der Waals surface area (Å²) in [5.74, 6) is 3.89. The Labute approximate surface area is 182 Å². The monoisotopic (exact) mass is 443 g/mol. The number of aromatic amines is 1. The molecule has 32 heavy (non-hydrogen) atoms. The number of ether oxygens (including phenoxy) is 2. The van der Waals surface area contributed by atoms with Crippen molar-refractivity contribution >= 4 is 17.5 Å². The van der Waals surface area contributed by atoms with Gasteiger partial charge in [0.25, 0.3) is 5.56 Å². The Hall–Kier alpha value is -4.12. The first kappa shape index (κ1) is 22.6. The first-order valence-corrected chi connectivity index (χ1v) is 9.58. The Kier molecular flexibility index (Phi) is 6.59. The van der Waals surface area contributed by atoms with E-state index in [0.29, 0.717) is 29.0 Å². The number of nitrogens with two attached hydrogens (primary N) is 2. The van der Waals surface area contributed by atoms with Gasteiger partial charge in [-0.3, -0.25) is 4.79 Å². The second-order valence-electron chi connectivity index (χ2n) is 6.71. The molecule has 1 aromatic heterocycles. The van der Waals surface area contributed by atoms with Gasteiger partial charge in [-0.2, -0.15) is 0 Å². The third kappa shape index (κ3) is 4.62. The number of carbonyl (C=O) groups is 1. The van der Waals surface area contributed by atoms with E-state index < -0.39 is 23.4 Å². The van der Waals surface area contributed by atoms with E-state index >= 15 is 0 Å². The van der Waals surface area contributed by atoms with Crippen LogP contribution in [0.4, 0.5) is 15.9 Å². The molecule has 3 aromatic rings. The molecule has 0 radical (unpaired) electrons. The number of nitrogen functional groups attached to an aromatic ring is 2. The fraction of sp³-hybridized carbons (Fsp3) is 0.190. The Morgan fingerprint density at radius 2 is 1.91 bits per heavy atom. The Balaban J connectivity index is 2.06. The maximum atomic E-state index is 14.1. The number of carboxylic acid groups (broad SMARTS) is 1. The van der Waals surface area contributed by atoms with Crippen LogP contribution in [0.15, 0.2) is 41.2 Å². The second kappa shape index (κ2) is 9.35. The average molecular weight is 443 g/mol. The van der Waals surface area contributed by atoms with E-state index in [0.717, 1.165) is 0 Å². The lowest BCUT2D eigenvalue weighted by molar-refractivity contribution is -0.144. The van der Waals surface area contributed by atoms with Crippen LogP contribution in [0.3, 0.4) is 0 Å². The number of aromatic nitrogens is 2. The van der Waals surface area contributed by atoms with Gasteiger partial charge in [-0.15, -0.1) is 0 Å². The molecule has 11 heteroatoms. The van der Waals surface area contributed by atoms with Crippen molar-refractivity contribution in [3.8, 4) is 34.0 Å². The van der Waals surface area contributed by atoms with E-state index in [1.54, 1.807) is 25.1 Å². The van der Waals surface area contributed by atoms with E-state index in [-0.39, 0.29) is 23.1 Å². The minimum absolute atomic E-state index is 0.0168. The third-order valence-electron chi connectivity index (χ3n) is 4.54. The number of benzene rings is 2. The quantitative estimate of drug-likeness (QED) is 0.259. The lowest BCUT2D eigenvalue weighted by Gasteiger charge is -2.15. The molecule has 0 saturated carbocycles. The Morgan fingerprint density at radius 1 is 1.25 bits per heavy atom. The molecule has 0 amide bonds. The van der Waals surface area contributed by atoms with Gasteiger partial charge in [0.05, 0.1) is 12.2 Å². The Bertz CT molecular complexity index is 1210. The lowest BCUT2D eigenvalue weighted by Crippen LogP contribution is -2.23. The van der Waals surface area contributed by atoms with E-state index in [1.165, 1.54) is 25.1 Å². The molecule has 3 rings (SSSR count). The smallest absolute Gasteiger partial charge is 0.344 e. The highest BCUT2D eigenvalue weighted by Crippen LogP contribution is 2.35. The number of nitrogens with one attached hydrogen (secondary N) is 2. The van der Waals surface area contributed by atoms with Gasteiger partial charge >= 0.3 is 5.97 Å². The topological polar surface area (TPSA) is 166 Å². The molecule has 0 aliphatic heterocycles. The predicted octanol–water partition coefficient (Wildman–Crippen LogP) is 2.36. The van der Waals surface area contributed by atoms with Crippen LogP contribution in [-0.4, -0.2) is 33.8 Å². The van der Waals surface area contributed by atoms with E-state index in [4.69, 9.17) is 26.2 Å². The number of hydrogen-bond donors (Lipinski definition) is 5. The van der Waals surface area contributed by atoms with Gasteiger partial charge in [0, 0.05) is 0 Å². The molecule has 0 bridgehead atoms. The number of rotatable bonds is 8. The SMILES string of the molecule is CCOc1cc(-c2ccc(F)c(O[C@@H](C)C(=O)O)c2)ccc1-c1nc(NN)c(N)c(=O)[nH]1. The summed E-state index contributed by atoms with van der Waals surface area (Å²) in [4.78, 5) is 29.9. The number of hydrazine groups is 1. The molecule has 0 aliphatic carbocycles. The standard InChI is InChI=1S/C21H22FN5O5/c1-3-31-15-8-11(12-5-7-14(22)16(9-12)32-10(2)21(29)30)4-6-13(15)18-25-19(27-24)17(23)20(28)26-18/h4-10H,3,23-24H2,1-2H3,(H,29,30)(H2,25,26,27,28)/t10-/m0/s1. The van der Waals surface area contributed by atoms with Crippen LogP contribution in [-0.2, 0) is 4.79 Å². The van der Waals surface area contributed by atoms with E-state index in [9.17, 15) is 14.0 Å². The number of aliphatic carboxylic acids is 1. The third-order valence-corrected chi connectivity index (χ3v) is 4.54. The zero-order valence-electron chi connectivity index (χ0n) is 17.3. The average Bonchev–Trinajstić information content (AvgIpc) is 2.77. The summed E-state index contributed by atoms with van der Waals surface area (Å²) in [5, 5.41) is 9.01. The summed E-state index contributed by atoms with van der Waals surface area (Å²) in [6.07, 6.45) is -1.22. The highest BCUT2D eigenvalue weighted by Gasteiger charge is 2.18. The minimum atomic E-state index is -1.22. The van der Waals surface area contributed by atoms with Crippen LogP contribution in [0.2, 0.25) is 0 Å². The van der Waals surface area contributed by atoms with Gasteiger partial charge in [-0.05, 0) is 49.2 Å². The van der Waals surface area contributed by atoms with Crippen molar-refractivity contribution in [1.82, 2.24) is 9.97 Å². The highest BCUT2D eigenvalue weighted by molar-refractivity contribution is 5.76. The minimum Gasteiger partial charge on any atom is -0.493 e. The van der Waals surface area contributed by atoms with Gasteiger partial charge in [0.2, 0.25) is 0 Å². The molecule has 0 unspecified atom stereocenters. The van der Waals surface area contributed by atoms with Crippen LogP contribution in [0, 0.1) is 5.82 Å². The summed E-state index contributed by atoms with van der Waals surface area (Å²) in [7, 11) is 0. The molecular weight excluding hydrogens is 421 g/mol. The molecule has 2 aromatic carbocycles. The Morgan fingerprint density at radius 3 is 2.53 bits per heavy atom. The molecule has 1 atom stereocenters. The van der Waals surface area contributed by atoms with Crippen molar-refractivity contribution in [2.75, 3.05) is 17.8 Å². The molecule has 0 spiro atoms. The fourth-order valence-corrected chi connectivity index (χ4v) is 2.91. The zero-order valence-corrected chi connectivity index (χ0v) is 17.3. The summed E-state index contributed by atoms with van der Waals surface area (Å²) in [6.45, 7) is 3.42. The summed E-state index contributed by atoms with van der Waals surface area (Å²) in [6, 6.07) is 9.17. The fourth-order valence-electron chi connectivity index (χ4n) is 2.91. The molecule has 10 nitrogen and oxygen atoms in total. The highest BCUT2D eigenvalue weighted by atomic mass is 19.1. The van der Waals surface area contributed by atoms with Crippen LogP contribution >= 0.6 is 0 Å². The van der Waals surface area contributed by atoms with Crippen LogP contribution in [0.25, 0.3) is 22.5 Å². The molecule has 1 heterocycles. The number of nitrogens with zero attached hydrogens (tertiary/aromatic N) is 1. The van der Waals surface area contributed by atoms with Crippen molar-refractivity contribution in [2.24, 2.45) is 5.84 Å². The summed E-state index contributed by atoms with van der Waals surface area (Å²) in [5.41, 5.74) is 8.90. The first-order chi connectivity index (χ1) is 15.2. The largest absolute Gasteiger partial charge is 0.493 e.